The summed E-state index contributed by atoms with van der Waals surface area (Å²) in [5.74, 6) is 3.08. The molecule has 33 heavy (non-hydrogen) atoms. The number of hydrogen-bond acceptors (Lipinski definition) is 6. The summed E-state index contributed by atoms with van der Waals surface area (Å²) in [4.78, 5) is 5.04. The van der Waals surface area contributed by atoms with Crippen LogP contribution in [0, 0.1) is 10.7 Å². The molecule has 4 rings (SSSR count). The van der Waals surface area contributed by atoms with E-state index in [1.807, 2.05) is 16.8 Å². The van der Waals surface area contributed by atoms with E-state index in [1.54, 1.807) is 14.2 Å². The van der Waals surface area contributed by atoms with Crippen molar-refractivity contribution in [2.24, 2.45) is 5.92 Å². The molecule has 2 aromatic rings. The summed E-state index contributed by atoms with van der Waals surface area (Å²) in [6, 6.07) is 6.44. The van der Waals surface area contributed by atoms with Crippen LogP contribution in [0.3, 0.4) is 0 Å². The molecule has 0 radical (unpaired) electrons. The molecule has 8 heteroatoms. The lowest BCUT2D eigenvalue weighted by atomic mass is 9.95. The van der Waals surface area contributed by atoms with E-state index in [0.717, 1.165) is 67.6 Å². The molecule has 1 saturated carbocycles. The van der Waals surface area contributed by atoms with Gasteiger partial charge < -0.3 is 14.4 Å². The first-order valence-corrected chi connectivity index (χ1v) is 12.8. The normalized spacial score (nSPS) is 18.7. The highest BCUT2D eigenvalue weighted by Crippen LogP contribution is 2.36. The van der Waals surface area contributed by atoms with Crippen molar-refractivity contribution >= 4 is 12.2 Å². The Morgan fingerprint density at radius 3 is 2.27 bits per heavy atom. The molecule has 0 N–H and O–H groups in total. The van der Waals surface area contributed by atoms with Gasteiger partial charge in [0.25, 0.3) is 0 Å². The number of ether oxygens (including phenoxy) is 2. The van der Waals surface area contributed by atoms with Gasteiger partial charge in [0, 0.05) is 44.3 Å². The van der Waals surface area contributed by atoms with Crippen molar-refractivity contribution < 1.29 is 9.47 Å². The maximum atomic E-state index is 6.02. The maximum absolute atomic E-state index is 6.02. The van der Waals surface area contributed by atoms with Crippen LogP contribution in [-0.2, 0) is 6.67 Å². The van der Waals surface area contributed by atoms with E-state index in [0.29, 0.717) is 17.7 Å². The van der Waals surface area contributed by atoms with Gasteiger partial charge in [-0.2, -0.15) is 5.10 Å². The molecule has 1 aromatic carbocycles. The maximum Gasteiger partial charge on any atom is 0.199 e. The smallest absolute Gasteiger partial charge is 0.199 e. The Kier molecular flexibility index (Phi) is 8.09. The van der Waals surface area contributed by atoms with Gasteiger partial charge in [-0.15, -0.1) is 0 Å². The Morgan fingerprint density at radius 2 is 1.64 bits per heavy atom. The molecule has 0 amide bonds. The molecule has 2 aliphatic rings. The van der Waals surface area contributed by atoms with Crippen molar-refractivity contribution in [1.82, 2.24) is 24.1 Å². The second kappa shape index (κ2) is 11.0. The van der Waals surface area contributed by atoms with Crippen molar-refractivity contribution in [3.8, 4) is 22.9 Å². The van der Waals surface area contributed by atoms with Crippen LogP contribution in [0.25, 0.3) is 11.4 Å². The monoisotopic (exact) mass is 473 g/mol. The summed E-state index contributed by atoms with van der Waals surface area (Å²) in [5, 5.41) is 5.07. The number of methoxy groups -OCH3 is 2. The van der Waals surface area contributed by atoms with E-state index in [4.69, 9.17) is 26.8 Å². The largest absolute Gasteiger partial charge is 0.493 e. The summed E-state index contributed by atoms with van der Waals surface area (Å²) < 4.78 is 16.2. The third-order valence-electron chi connectivity index (χ3n) is 6.87. The quantitative estimate of drug-likeness (QED) is 0.512. The minimum absolute atomic E-state index is 0.408. The van der Waals surface area contributed by atoms with Crippen LogP contribution in [-0.4, -0.2) is 71.1 Å². The number of aromatic nitrogens is 3. The topological polar surface area (TPSA) is 47.7 Å². The minimum atomic E-state index is 0.408. The van der Waals surface area contributed by atoms with E-state index >= 15 is 0 Å². The van der Waals surface area contributed by atoms with E-state index in [2.05, 4.69) is 34.3 Å². The number of rotatable bonds is 8. The lowest BCUT2D eigenvalue weighted by Crippen LogP contribution is -2.47. The third kappa shape index (κ3) is 5.61. The molecule has 1 aliphatic carbocycles. The summed E-state index contributed by atoms with van der Waals surface area (Å²) in [6.45, 7) is 10.8. The number of hydrogen-bond donors (Lipinski definition) is 0. The zero-order valence-electron chi connectivity index (χ0n) is 20.6. The minimum Gasteiger partial charge on any atom is -0.493 e. The molecule has 1 saturated heterocycles. The molecule has 7 nitrogen and oxygen atoms in total. The predicted octanol–water partition coefficient (Wildman–Crippen LogP) is 4.83. The van der Waals surface area contributed by atoms with Gasteiger partial charge in [0.15, 0.2) is 22.1 Å². The molecule has 2 fully saturated rings. The van der Waals surface area contributed by atoms with Crippen molar-refractivity contribution in [2.45, 2.75) is 58.7 Å². The van der Waals surface area contributed by atoms with E-state index in [-0.39, 0.29) is 0 Å². The van der Waals surface area contributed by atoms with Crippen molar-refractivity contribution in [1.29, 1.82) is 0 Å². The predicted molar refractivity (Wildman–Crippen MR) is 135 cm³/mol. The molecule has 0 atom stereocenters. The van der Waals surface area contributed by atoms with Crippen LogP contribution in [0.5, 0.6) is 11.5 Å². The molecule has 1 aliphatic heterocycles. The van der Waals surface area contributed by atoms with Crippen LogP contribution in [0.4, 0.5) is 0 Å². The second-order valence-electron chi connectivity index (χ2n) is 9.79. The number of nitrogens with zero attached hydrogens (tertiary/aromatic N) is 5. The zero-order chi connectivity index (χ0) is 23.4. The fourth-order valence-corrected chi connectivity index (χ4v) is 5.51. The highest BCUT2D eigenvalue weighted by atomic mass is 32.1. The van der Waals surface area contributed by atoms with Gasteiger partial charge >= 0.3 is 0 Å². The highest BCUT2D eigenvalue weighted by molar-refractivity contribution is 7.71. The van der Waals surface area contributed by atoms with Crippen LogP contribution < -0.4 is 9.47 Å². The van der Waals surface area contributed by atoms with E-state index < -0.39 is 0 Å². The fraction of sp³-hybridized carbons (Fsp3) is 0.680. The Morgan fingerprint density at radius 1 is 0.970 bits per heavy atom. The first kappa shape index (κ1) is 24.2. The average molecular weight is 474 g/mol. The van der Waals surface area contributed by atoms with Crippen molar-refractivity contribution in [2.75, 3.05) is 46.9 Å². The van der Waals surface area contributed by atoms with Gasteiger partial charge in [-0.1, -0.05) is 33.1 Å². The fourth-order valence-electron chi connectivity index (χ4n) is 5.17. The molecule has 0 spiro atoms. The average Bonchev–Trinajstić information content (AvgIpc) is 3.15. The standard InChI is InChI=1S/C25H39N5O2S/c1-19(2)17-27-12-14-28(15-13-27)18-29-25(33)30(21-8-6-5-7-9-21)24(26-29)20-10-11-22(31-3)23(16-20)32-4/h10-11,16,19,21H,5-9,12-15,17-18H2,1-4H3. The molecule has 2 heterocycles. The van der Waals surface area contributed by atoms with Gasteiger partial charge in [-0.3, -0.25) is 9.47 Å². The van der Waals surface area contributed by atoms with Gasteiger partial charge in [0.05, 0.1) is 20.9 Å². The zero-order valence-corrected chi connectivity index (χ0v) is 21.4. The van der Waals surface area contributed by atoms with Gasteiger partial charge in [-0.05, 0) is 49.2 Å². The molecular formula is C25H39N5O2S. The lowest BCUT2D eigenvalue weighted by molar-refractivity contribution is 0.0948. The molecular weight excluding hydrogens is 434 g/mol. The SMILES string of the molecule is COc1ccc(-c2nn(CN3CCN(CC(C)C)CC3)c(=S)n2C2CCCCC2)cc1OC. The first-order chi connectivity index (χ1) is 16.0. The van der Waals surface area contributed by atoms with Crippen molar-refractivity contribution in [3.05, 3.63) is 23.0 Å². The first-order valence-electron chi connectivity index (χ1n) is 12.4. The summed E-state index contributed by atoms with van der Waals surface area (Å²) in [7, 11) is 3.34. The number of benzene rings is 1. The second-order valence-corrected chi connectivity index (χ2v) is 10.2. The van der Waals surface area contributed by atoms with E-state index in [1.165, 1.54) is 25.8 Å². The molecule has 0 bridgehead atoms. The van der Waals surface area contributed by atoms with Gasteiger partial charge in [-0.25, -0.2) is 4.68 Å². The Bertz CT molecular complexity index is 972. The lowest BCUT2D eigenvalue weighted by Gasteiger charge is -2.35. The Labute approximate surface area is 203 Å². The van der Waals surface area contributed by atoms with Crippen LogP contribution in [0.15, 0.2) is 18.2 Å². The van der Waals surface area contributed by atoms with Gasteiger partial charge in [0.2, 0.25) is 0 Å². The molecule has 182 valence electrons. The Balaban J connectivity index is 1.62. The Hall–Kier alpha value is -1.90. The van der Waals surface area contributed by atoms with E-state index in [9.17, 15) is 0 Å². The summed E-state index contributed by atoms with van der Waals surface area (Å²) in [5.41, 5.74) is 1.02. The third-order valence-corrected chi connectivity index (χ3v) is 7.28. The van der Waals surface area contributed by atoms with Gasteiger partial charge in [0.1, 0.15) is 0 Å². The van der Waals surface area contributed by atoms with Crippen LogP contribution in [0.2, 0.25) is 0 Å². The van der Waals surface area contributed by atoms with Crippen LogP contribution >= 0.6 is 12.2 Å². The van der Waals surface area contributed by atoms with Crippen molar-refractivity contribution in [3.63, 3.8) is 0 Å². The highest BCUT2D eigenvalue weighted by Gasteiger charge is 2.25. The summed E-state index contributed by atoms with van der Waals surface area (Å²) in [6.07, 6.45) is 6.13. The van der Waals surface area contributed by atoms with Crippen LogP contribution in [0.1, 0.15) is 52.0 Å². The molecule has 0 unspecified atom stereocenters. The molecule has 1 aromatic heterocycles. The summed E-state index contributed by atoms with van der Waals surface area (Å²) >= 11 is 6.02. The number of piperazine rings is 1.